The molecule has 2 atom stereocenters. The normalized spacial score (nSPS) is 18.2. The van der Waals surface area contributed by atoms with E-state index < -0.39 is 0 Å². The van der Waals surface area contributed by atoms with Crippen molar-refractivity contribution >= 4 is 11.8 Å². The summed E-state index contributed by atoms with van der Waals surface area (Å²) >= 11 is 0. The van der Waals surface area contributed by atoms with Gasteiger partial charge in [0.1, 0.15) is 0 Å². The number of hydrogen-bond donors (Lipinski definition) is 2. The van der Waals surface area contributed by atoms with E-state index in [2.05, 4.69) is 63.9 Å². The maximum atomic E-state index is 14.0. The van der Waals surface area contributed by atoms with Crippen molar-refractivity contribution in [1.82, 2.24) is 20.5 Å². The third-order valence-corrected chi connectivity index (χ3v) is 5.34. The number of aliphatic imine (C=N–C) groups is 1. The molecule has 1 saturated heterocycles. The minimum atomic E-state index is -0.273. The highest BCUT2D eigenvalue weighted by molar-refractivity contribution is 5.80. The second-order valence-electron chi connectivity index (χ2n) is 7.65. The number of anilines is 1. The molecule has 0 saturated carbocycles. The number of pyridine rings is 1. The highest BCUT2D eigenvalue weighted by Crippen LogP contribution is 2.20. The van der Waals surface area contributed by atoms with Gasteiger partial charge in [-0.05, 0) is 44.6 Å². The van der Waals surface area contributed by atoms with E-state index in [-0.39, 0.29) is 11.9 Å². The van der Waals surface area contributed by atoms with E-state index in [9.17, 15) is 4.39 Å². The van der Waals surface area contributed by atoms with Crippen molar-refractivity contribution in [3.8, 4) is 0 Å². The average molecular weight is 399 g/mol. The maximum Gasteiger partial charge on any atom is 0.191 e. The number of aromatic nitrogens is 1. The highest BCUT2D eigenvalue weighted by Gasteiger charge is 2.26. The first-order valence-electron chi connectivity index (χ1n) is 10.1. The molecule has 0 amide bonds. The second-order valence-corrected chi connectivity index (χ2v) is 7.65. The fourth-order valence-electron chi connectivity index (χ4n) is 3.61. The summed E-state index contributed by atoms with van der Waals surface area (Å²) in [7, 11) is 5.98. The van der Waals surface area contributed by atoms with E-state index in [0.717, 1.165) is 31.9 Å². The number of nitrogens with zero attached hydrogens (tertiary/aromatic N) is 4. The average Bonchev–Trinajstić information content (AvgIpc) is 3.19. The molecule has 1 aliphatic rings. The van der Waals surface area contributed by atoms with E-state index in [1.165, 1.54) is 11.6 Å². The van der Waals surface area contributed by atoms with Crippen molar-refractivity contribution in [1.29, 1.82) is 0 Å². The Bertz CT molecular complexity index is 795. The van der Waals surface area contributed by atoms with Crippen LogP contribution in [0.1, 0.15) is 12.0 Å². The maximum absolute atomic E-state index is 14.0. The first-order chi connectivity index (χ1) is 14.1. The van der Waals surface area contributed by atoms with Gasteiger partial charge in [0.25, 0.3) is 0 Å². The topological polar surface area (TPSA) is 55.8 Å². The van der Waals surface area contributed by atoms with Gasteiger partial charge in [-0.2, -0.15) is 0 Å². The lowest BCUT2D eigenvalue weighted by molar-refractivity contribution is 0.290. The predicted molar refractivity (Wildman–Crippen MR) is 117 cm³/mol. The van der Waals surface area contributed by atoms with Gasteiger partial charge in [-0.25, -0.2) is 9.37 Å². The third-order valence-electron chi connectivity index (χ3n) is 5.34. The monoisotopic (exact) mass is 398 g/mol. The van der Waals surface area contributed by atoms with Gasteiger partial charge in [-0.3, -0.25) is 4.99 Å². The molecule has 29 heavy (non-hydrogen) atoms. The molecular weight excluding hydrogens is 367 g/mol. The van der Waals surface area contributed by atoms with Crippen molar-refractivity contribution in [2.45, 2.75) is 24.9 Å². The molecule has 0 spiro atoms. The zero-order valence-corrected chi connectivity index (χ0v) is 17.5. The van der Waals surface area contributed by atoms with Gasteiger partial charge >= 0.3 is 0 Å². The van der Waals surface area contributed by atoms with Crippen molar-refractivity contribution in [2.75, 3.05) is 45.7 Å². The molecular formula is C22H31FN6. The molecule has 0 aliphatic carbocycles. The Morgan fingerprint density at radius 2 is 2.07 bits per heavy atom. The van der Waals surface area contributed by atoms with Crippen LogP contribution in [0.2, 0.25) is 0 Å². The SMILES string of the molecule is CN=C(NCC(Cc1ccccc1)N(C)C)NC1CCN(c2ncccc2F)C1. The number of halogens is 1. The Morgan fingerprint density at radius 1 is 1.28 bits per heavy atom. The van der Waals surface area contributed by atoms with Crippen LogP contribution in [0.4, 0.5) is 10.2 Å². The van der Waals surface area contributed by atoms with Crippen LogP contribution >= 0.6 is 0 Å². The van der Waals surface area contributed by atoms with Gasteiger partial charge in [0.15, 0.2) is 17.6 Å². The van der Waals surface area contributed by atoms with Crippen molar-refractivity contribution < 1.29 is 4.39 Å². The van der Waals surface area contributed by atoms with Crippen LogP contribution in [-0.4, -0.2) is 68.7 Å². The van der Waals surface area contributed by atoms with Gasteiger partial charge in [-0.15, -0.1) is 0 Å². The lowest BCUT2D eigenvalue weighted by Crippen LogP contribution is -2.49. The fourth-order valence-corrected chi connectivity index (χ4v) is 3.61. The van der Waals surface area contributed by atoms with Crippen LogP contribution < -0.4 is 15.5 Å². The summed E-state index contributed by atoms with van der Waals surface area (Å²) in [4.78, 5) is 12.8. The summed E-state index contributed by atoms with van der Waals surface area (Å²) in [6.45, 7) is 2.26. The molecule has 2 aromatic rings. The zero-order chi connectivity index (χ0) is 20.6. The molecule has 156 valence electrons. The van der Waals surface area contributed by atoms with Crippen molar-refractivity contribution in [3.63, 3.8) is 0 Å². The number of benzene rings is 1. The number of rotatable bonds is 7. The molecule has 6 nitrogen and oxygen atoms in total. The van der Waals surface area contributed by atoms with Crippen LogP contribution in [0.25, 0.3) is 0 Å². The minimum Gasteiger partial charge on any atom is -0.355 e. The van der Waals surface area contributed by atoms with Gasteiger partial charge < -0.3 is 20.4 Å². The Labute approximate surface area is 172 Å². The lowest BCUT2D eigenvalue weighted by Gasteiger charge is -2.26. The molecule has 1 aromatic carbocycles. The molecule has 0 bridgehead atoms. The first-order valence-corrected chi connectivity index (χ1v) is 10.1. The summed E-state index contributed by atoms with van der Waals surface area (Å²) < 4.78 is 14.0. The van der Waals surface area contributed by atoms with E-state index in [4.69, 9.17) is 0 Å². The summed E-state index contributed by atoms with van der Waals surface area (Å²) in [5.41, 5.74) is 1.32. The van der Waals surface area contributed by atoms with E-state index in [1.54, 1.807) is 19.3 Å². The molecule has 2 unspecified atom stereocenters. The Hall–Kier alpha value is -2.67. The summed E-state index contributed by atoms with van der Waals surface area (Å²) in [5.74, 6) is 0.930. The molecule has 2 heterocycles. The molecule has 2 N–H and O–H groups in total. The quantitative estimate of drug-likeness (QED) is 0.553. The molecule has 0 radical (unpaired) electrons. The summed E-state index contributed by atoms with van der Waals surface area (Å²) in [6.07, 6.45) is 3.51. The van der Waals surface area contributed by atoms with E-state index in [0.29, 0.717) is 18.4 Å². The van der Waals surface area contributed by atoms with Crippen LogP contribution in [0.15, 0.2) is 53.7 Å². The number of likely N-dealkylation sites (N-methyl/N-ethyl adjacent to an activating group) is 1. The Morgan fingerprint density at radius 3 is 2.76 bits per heavy atom. The lowest BCUT2D eigenvalue weighted by atomic mass is 10.1. The standard InChI is InChI=1S/C22H31FN6/c1-24-22(26-15-19(28(2)3)14-17-8-5-4-6-9-17)27-18-11-13-29(16-18)21-20(23)10-7-12-25-21/h4-10,12,18-19H,11,13-16H2,1-3H3,(H2,24,26,27). The van der Waals surface area contributed by atoms with Gasteiger partial charge in [0, 0.05) is 45.0 Å². The molecule has 7 heteroatoms. The Balaban J connectivity index is 1.52. The highest BCUT2D eigenvalue weighted by atomic mass is 19.1. The molecule has 3 rings (SSSR count). The molecule has 1 aliphatic heterocycles. The van der Waals surface area contributed by atoms with Crippen molar-refractivity contribution in [2.24, 2.45) is 4.99 Å². The zero-order valence-electron chi connectivity index (χ0n) is 17.5. The van der Waals surface area contributed by atoms with Crippen LogP contribution in [0.3, 0.4) is 0 Å². The third kappa shape index (κ3) is 5.90. The van der Waals surface area contributed by atoms with Gasteiger partial charge in [0.2, 0.25) is 0 Å². The van der Waals surface area contributed by atoms with Crippen LogP contribution in [0.5, 0.6) is 0 Å². The fraction of sp³-hybridized carbons (Fsp3) is 0.455. The van der Waals surface area contributed by atoms with Crippen LogP contribution in [0, 0.1) is 5.82 Å². The number of hydrogen-bond acceptors (Lipinski definition) is 4. The smallest absolute Gasteiger partial charge is 0.191 e. The van der Waals surface area contributed by atoms with Crippen molar-refractivity contribution in [3.05, 3.63) is 60.0 Å². The van der Waals surface area contributed by atoms with Gasteiger partial charge in [0.05, 0.1) is 0 Å². The number of nitrogens with one attached hydrogen (secondary N) is 2. The number of guanidine groups is 1. The second kappa shape index (κ2) is 10.2. The minimum absolute atomic E-state index is 0.203. The molecule has 1 aromatic heterocycles. The summed E-state index contributed by atoms with van der Waals surface area (Å²) in [5, 5.41) is 6.92. The van der Waals surface area contributed by atoms with E-state index in [1.807, 2.05) is 11.0 Å². The van der Waals surface area contributed by atoms with Gasteiger partial charge in [-0.1, -0.05) is 30.3 Å². The largest absolute Gasteiger partial charge is 0.355 e. The van der Waals surface area contributed by atoms with Crippen LogP contribution in [-0.2, 0) is 6.42 Å². The van der Waals surface area contributed by atoms with E-state index >= 15 is 0 Å². The first kappa shape index (κ1) is 21.0. The molecule has 1 fully saturated rings. The Kier molecular flexibility index (Phi) is 7.41. The summed E-state index contributed by atoms with van der Waals surface area (Å²) in [6, 6.07) is 14.1. The predicted octanol–water partition coefficient (Wildman–Crippen LogP) is 2.14.